The summed E-state index contributed by atoms with van der Waals surface area (Å²) in [6.07, 6.45) is 1.99. The van der Waals surface area contributed by atoms with Gasteiger partial charge in [0.25, 0.3) is 0 Å². The summed E-state index contributed by atoms with van der Waals surface area (Å²) in [4.78, 5) is 14.1. The minimum atomic E-state index is -0.336. The van der Waals surface area contributed by atoms with Crippen molar-refractivity contribution in [2.75, 3.05) is 13.1 Å². The lowest BCUT2D eigenvalue weighted by Crippen LogP contribution is -2.48. The van der Waals surface area contributed by atoms with E-state index >= 15 is 0 Å². The average Bonchev–Trinajstić information content (AvgIpc) is 3.03. The van der Waals surface area contributed by atoms with E-state index in [9.17, 15) is 9.18 Å². The summed E-state index contributed by atoms with van der Waals surface area (Å²) in [5.41, 5.74) is 0.569. The molecule has 1 aromatic carbocycles. The van der Waals surface area contributed by atoms with Crippen LogP contribution in [0.2, 0.25) is 0 Å². The number of hydrogen-bond acceptors (Lipinski definition) is 5. The molecule has 1 aliphatic heterocycles. The van der Waals surface area contributed by atoms with Gasteiger partial charge in [0, 0.05) is 24.1 Å². The number of carbonyl (C=O) groups is 1. The Hall–Kier alpha value is -2.28. The lowest BCUT2D eigenvalue weighted by Gasteiger charge is -2.32. The van der Waals surface area contributed by atoms with Crippen LogP contribution < -0.4 is 5.32 Å². The van der Waals surface area contributed by atoms with Crippen molar-refractivity contribution in [3.05, 3.63) is 36.0 Å². The van der Waals surface area contributed by atoms with Crippen molar-refractivity contribution < 1.29 is 13.6 Å². The van der Waals surface area contributed by atoms with Crippen LogP contribution in [0, 0.1) is 11.7 Å². The van der Waals surface area contributed by atoms with E-state index in [1.807, 2.05) is 13.8 Å². The molecule has 134 valence electrons. The Morgan fingerprint density at radius 2 is 2.28 bits per heavy atom. The van der Waals surface area contributed by atoms with E-state index in [1.165, 1.54) is 12.1 Å². The summed E-state index contributed by atoms with van der Waals surface area (Å²) < 4.78 is 19.0. The maximum Gasteiger partial charge on any atom is 0.247 e. The Labute approximate surface area is 146 Å². The van der Waals surface area contributed by atoms with Crippen LogP contribution in [0.15, 0.2) is 28.7 Å². The second-order valence-electron chi connectivity index (χ2n) is 6.75. The summed E-state index contributed by atoms with van der Waals surface area (Å²) in [6, 6.07) is 6.24. The molecule has 1 saturated heterocycles. The topological polar surface area (TPSA) is 71.3 Å². The maximum absolute atomic E-state index is 13.3. The monoisotopic (exact) mass is 346 g/mol. The highest BCUT2D eigenvalue weighted by atomic mass is 19.1. The van der Waals surface area contributed by atoms with Crippen molar-refractivity contribution in [3.8, 4) is 11.5 Å². The number of piperidine rings is 1. The number of carbonyl (C=O) groups excluding carboxylic acids is 1. The van der Waals surface area contributed by atoms with Crippen LogP contribution in [-0.2, 0) is 11.3 Å². The molecule has 0 spiro atoms. The van der Waals surface area contributed by atoms with Crippen molar-refractivity contribution in [1.82, 2.24) is 20.4 Å². The van der Waals surface area contributed by atoms with Gasteiger partial charge < -0.3 is 9.73 Å². The van der Waals surface area contributed by atoms with E-state index in [1.54, 1.807) is 12.1 Å². The lowest BCUT2D eigenvalue weighted by molar-refractivity contribution is -0.125. The van der Waals surface area contributed by atoms with Gasteiger partial charge in [0.15, 0.2) is 0 Å². The van der Waals surface area contributed by atoms with Crippen molar-refractivity contribution in [2.24, 2.45) is 5.92 Å². The fourth-order valence-electron chi connectivity index (χ4n) is 2.93. The Kier molecular flexibility index (Phi) is 5.43. The Morgan fingerprint density at radius 3 is 3.04 bits per heavy atom. The van der Waals surface area contributed by atoms with Gasteiger partial charge in [-0.25, -0.2) is 4.39 Å². The van der Waals surface area contributed by atoms with E-state index < -0.39 is 0 Å². The molecule has 6 nitrogen and oxygen atoms in total. The minimum Gasteiger partial charge on any atom is -0.419 e. The highest BCUT2D eigenvalue weighted by Crippen LogP contribution is 2.20. The highest BCUT2D eigenvalue weighted by Gasteiger charge is 2.23. The molecule has 1 fully saturated rings. The van der Waals surface area contributed by atoms with Gasteiger partial charge in [-0.1, -0.05) is 19.9 Å². The van der Waals surface area contributed by atoms with E-state index in [-0.39, 0.29) is 23.7 Å². The molecule has 0 aliphatic carbocycles. The third kappa shape index (κ3) is 4.63. The van der Waals surface area contributed by atoms with Crippen molar-refractivity contribution >= 4 is 5.91 Å². The summed E-state index contributed by atoms with van der Waals surface area (Å²) in [5.74, 6) is 0.543. The van der Waals surface area contributed by atoms with Crippen LogP contribution >= 0.6 is 0 Å². The van der Waals surface area contributed by atoms with Crippen molar-refractivity contribution in [3.63, 3.8) is 0 Å². The zero-order valence-electron chi connectivity index (χ0n) is 14.5. The minimum absolute atomic E-state index is 0.0138. The van der Waals surface area contributed by atoms with Gasteiger partial charge in [-0.2, -0.15) is 0 Å². The first-order chi connectivity index (χ1) is 12.0. The van der Waals surface area contributed by atoms with Crippen molar-refractivity contribution in [1.29, 1.82) is 0 Å². The van der Waals surface area contributed by atoms with Gasteiger partial charge in [-0.15, -0.1) is 10.2 Å². The number of benzene rings is 1. The number of nitrogens with one attached hydrogen (secondary N) is 1. The molecule has 0 saturated carbocycles. The first-order valence-corrected chi connectivity index (χ1v) is 8.62. The molecule has 0 radical (unpaired) electrons. The molecule has 1 N–H and O–H groups in total. The number of halogens is 1. The molecule has 1 aromatic heterocycles. The average molecular weight is 346 g/mol. The summed E-state index contributed by atoms with van der Waals surface area (Å²) in [7, 11) is 0. The fourth-order valence-corrected chi connectivity index (χ4v) is 2.93. The van der Waals surface area contributed by atoms with Crippen LogP contribution in [-0.4, -0.2) is 40.1 Å². The van der Waals surface area contributed by atoms with Crippen LogP contribution in [0.4, 0.5) is 4.39 Å². The highest BCUT2D eigenvalue weighted by molar-refractivity contribution is 5.78. The Morgan fingerprint density at radius 1 is 1.44 bits per heavy atom. The smallest absolute Gasteiger partial charge is 0.247 e. The number of likely N-dealkylation sites (tertiary alicyclic amines) is 1. The molecule has 7 heteroatoms. The largest absolute Gasteiger partial charge is 0.419 e. The predicted molar refractivity (Wildman–Crippen MR) is 91.0 cm³/mol. The zero-order chi connectivity index (χ0) is 17.8. The molecule has 1 atom stereocenters. The van der Waals surface area contributed by atoms with Crippen LogP contribution in [0.25, 0.3) is 11.5 Å². The first-order valence-electron chi connectivity index (χ1n) is 8.62. The zero-order valence-corrected chi connectivity index (χ0v) is 14.5. The first kappa shape index (κ1) is 17.5. The third-order valence-corrected chi connectivity index (χ3v) is 4.27. The lowest BCUT2D eigenvalue weighted by atomic mass is 10.0. The standard InChI is InChI=1S/C18H23FN4O2/c1-12(2)17(24)20-15-7-4-8-23(10-15)11-16-21-22-18(25-16)13-5-3-6-14(19)9-13/h3,5-6,9,12,15H,4,7-8,10-11H2,1-2H3,(H,20,24)/t15-/m1/s1. The Balaban J connectivity index is 1.60. The van der Waals surface area contributed by atoms with Gasteiger partial charge >= 0.3 is 0 Å². The molecule has 0 bridgehead atoms. The molecule has 1 aliphatic rings. The van der Waals surface area contributed by atoms with Gasteiger partial charge in [0.1, 0.15) is 5.82 Å². The van der Waals surface area contributed by atoms with Crippen LogP contribution in [0.1, 0.15) is 32.6 Å². The van der Waals surface area contributed by atoms with Crippen LogP contribution in [0.3, 0.4) is 0 Å². The third-order valence-electron chi connectivity index (χ3n) is 4.27. The maximum atomic E-state index is 13.3. The predicted octanol–water partition coefficient (Wildman–Crippen LogP) is 2.61. The van der Waals surface area contributed by atoms with Crippen LogP contribution in [0.5, 0.6) is 0 Å². The molecule has 0 unspecified atom stereocenters. The molecule has 2 heterocycles. The van der Waals surface area contributed by atoms with E-state index in [2.05, 4.69) is 20.4 Å². The van der Waals surface area contributed by atoms with Gasteiger partial charge in [-0.3, -0.25) is 9.69 Å². The van der Waals surface area contributed by atoms with E-state index in [0.29, 0.717) is 23.9 Å². The number of amides is 1. The number of hydrogen-bond donors (Lipinski definition) is 1. The van der Waals surface area contributed by atoms with Gasteiger partial charge in [0.2, 0.25) is 17.7 Å². The fraction of sp³-hybridized carbons (Fsp3) is 0.500. The number of nitrogens with zero attached hydrogens (tertiary/aromatic N) is 3. The number of aromatic nitrogens is 2. The summed E-state index contributed by atoms with van der Waals surface area (Å²) in [6.45, 7) is 5.99. The molecular weight excluding hydrogens is 323 g/mol. The molecule has 25 heavy (non-hydrogen) atoms. The van der Waals surface area contributed by atoms with Gasteiger partial charge in [0.05, 0.1) is 6.54 Å². The summed E-state index contributed by atoms with van der Waals surface area (Å²) >= 11 is 0. The second kappa shape index (κ2) is 7.74. The molecular formula is C18H23FN4O2. The normalized spacial score (nSPS) is 18.5. The van der Waals surface area contributed by atoms with E-state index in [4.69, 9.17) is 4.42 Å². The molecule has 3 rings (SSSR count). The Bertz CT molecular complexity index is 731. The van der Waals surface area contributed by atoms with Crippen molar-refractivity contribution in [2.45, 2.75) is 39.3 Å². The molecule has 1 amide bonds. The summed E-state index contributed by atoms with van der Waals surface area (Å²) in [5, 5.41) is 11.1. The quantitative estimate of drug-likeness (QED) is 0.901. The number of rotatable bonds is 5. The second-order valence-corrected chi connectivity index (χ2v) is 6.75. The van der Waals surface area contributed by atoms with E-state index in [0.717, 1.165) is 25.9 Å². The SMILES string of the molecule is CC(C)C(=O)N[C@@H]1CCCN(Cc2nnc(-c3cccc(F)c3)o2)C1. The molecule has 2 aromatic rings. The van der Waals surface area contributed by atoms with Gasteiger partial charge in [-0.05, 0) is 37.6 Å².